The molecule has 0 spiro atoms. The van der Waals surface area contributed by atoms with E-state index >= 15 is 0 Å². The Morgan fingerprint density at radius 3 is 1.94 bits per heavy atom. The van der Waals surface area contributed by atoms with Gasteiger partial charge in [-0.3, -0.25) is 4.79 Å². The molecule has 0 aromatic heterocycles. The first-order valence-corrected chi connectivity index (χ1v) is 13.0. The van der Waals surface area contributed by atoms with Gasteiger partial charge in [0.15, 0.2) is 5.78 Å². The Hall–Kier alpha value is -1.51. The molecule has 32 heavy (non-hydrogen) atoms. The second-order valence-electron chi connectivity index (χ2n) is 11.4. The van der Waals surface area contributed by atoms with Gasteiger partial charge >= 0.3 is 0 Å². The molecule has 0 aliphatic carbocycles. The van der Waals surface area contributed by atoms with Gasteiger partial charge < -0.3 is 9.84 Å². The number of Topliss-reactive ketones (excluding diaryl/α,β-unsaturated/α-hetero) is 1. The van der Waals surface area contributed by atoms with E-state index in [1.165, 1.54) is 44.9 Å². The standard InChI is InChI=1S/C29H48O3/c1-19(2)12-9-13-20(3)14-10-15-21(4)16-11-17-29(8)18-25(30)26-24(7)27(31)22(5)23(6)28(26)32-29/h19-21,31H,9-18H2,1-8H3. The Labute approximate surface area is 197 Å². The van der Waals surface area contributed by atoms with E-state index in [4.69, 9.17) is 4.74 Å². The topological polar surface area (TPSA) is 46.5 Å². The highest BCUT2D eigenvalue weighted by Gasteiger charge is 2.39. The Kier molecular flexibility index (Phi) is 9.67. The van der Waals surface area contributed by atoms with Crippen LogP contribution in [0.25, 0.3) is 0 Å². The van der Waals surface area contributed by atoms with Crippen LogP contribution in [0.2, 0.25) is 0 Å². The van der Waals surface area contributed by atoms with Gasteiger partial charge in [0, 0.05) is 5.56 Å². The van der Waals surface area contributed by atoms with E-state index in [2.05, 4.69) is 34.6 Å². The second-order valence-corrected chi connectivity index (χ2v) is 11.4. The van der Waals surface area contributed by atoms with Crippen LogP contribution < -0.4 is 4.74 Å². The van der Waals surface area contributed by atoms with Crippen molar-refractivity contribution in [3.63, 3.8) is 0 Å². The lowest BCUT2D eigenvalue weighted by molar-refractivity contribution is 0.0438. The van der Waals surface area contributed by atoms with Crippen molar-refractivity contribution < 1.29 is 14.6 Å². The number of hydrogen-bond acceptors (Lipinski definition) is 3. The first-order chi connectivity index (χ1) is 14.9. The van der Waals surface area contributed by atoms with Gasteiger partial charge in [0.2, 0.25) is 0 Å². The maximum absolute atomic E-state index is 13.0. The van der Waals surface area contributed by atoms with Crippen molar-refractivity contribution in [2.75, 3.05) is 0 Å². The van der Waals surface area contributed by atoms with E-state index in [0.717, 1.165) is 41.7 Å². The minimum absolute atomic E-state index is 0.101. The van der Waals surface area contributed by atoms with Crippen LogP contribution in [0, 0.1) is 38.5 Å². The fourth-order valence-corrected chi connectivity index (χ4v) is 5.22. The molecule has 0 fully saturated rings. The summed E-state index contributed by atoms with van der Waals surface area (Å²) in [6, 6.07) is 0. The summed E-state index contributed by atoms with van der Waals surface area (Å²) in [6.07, 6.45) is 11.6. The minimum atomic E-state index is -0.449. The summed E-state index contributed by atoms with van der Waals surface area (Å²) >= 11 is 0. The number of hydrogen-bond donors (Lipinski definition) is 1. The molecule has 3 heteroatoms. The molecule has 1 N–H and O–H groups in total. The van der Waals surface area contributed by atoms with Crippen molar-refractivity contribution in [1.29, 1.82) is 0 Å². The minimum Gasteiger partial charge on any atom is -0.507 e. The third kappa shape index (κ3) is 6.99. The average Bonchev–Trinajstić information content (AvgIpc) is 2.69. The van der Waals surface area contributed by atoms with Crippen LogP contribution >= 0.6 is 0 Å². The zero-order valence-electron chi connectivity index (χ0n) is 22.1. The molecule has 3 unspecified atom stereocenters. The van der Waals surface area contributed by atoms with Crippen molar-refractivity contribution in [3.8, 4) is 11.5 Å². The highest BCUT2D eigenvalue weighted by atomic mass is 16.5. The van der Waals surface area contributed by atoms with Gasteiger partial charge in [0.05, 0.1) is 12.0 Å². The third-order valence-corrected chi connectivity index (χ3v) is 7.65. The van der Waals surface area contributed by atoms with E-state index in [1.807, 2.05) is 20.8 Å². The van der Waals surface area contributed by atoms with Crippen LogP contribution in [0.1, 0.15) is 126 Å². The van der Waals surface area contributed by atoms with E-state index in [9.17, 15) is 9.90 Å². The number of phenolic OH excluding ortho intramolecular Hbond substituents is 1. The van der Waals surface area contributed by atoms with Gasteiger partial charge in [-0.2, -0.15) is 0 Å². The monoisotopic (exact) mass is 444 g/mol. The quantitative estimate of drug-likeness (QED) is 0.351. The summed E-state index contributed by atoms with van der Waals surface area (Å²) in [5, 5.41) is 10.4. The molecule has 0 saturated carbocycles. The molecule has 3 atom stereocenters. The van der Waals surface area contributed by atoms with Crippen molar-refractivity contribution in [3.05, 3.63) is 22.3 Å². The Morgan fingerprint density at radius 1 is 0.844 bits per heavy atom. The normalized spacial score (nSPS) is 20.2. The van der Waals surface area contributed by atoms with Crippen molar-refractivity contribution >= 4 is 5.78 Å². The van der Waals surface area contributed by atoms with Gasteiger partial charge in [-0.15, -0.1) is 0 Å². The number of phenols is 1. The maximum atomic E-state index is 13.0. The van der Waals surface area contributed by atoms with Gasteiger partial charge in [0.25, 0.3) is 0 Å². The van der Waals surface area contributed by atoms with Crippen LogP contribution in [-0.2, 0) is 0 Å². The van der Waals surface area contributed by atoms with Gasteiger partial charge in [-0.25, -0.2) is 0 Å². The molecule has 182 valence electrons. The number of rotatable bonds is 12. The number of carbonyl (C=O) groups is 1. The van der Waals surface area contributed by atoms with Crippen LogP contribution in [0.5, 0.6) is 11.5 Å². The number of carbonyl (C=O) groups excluding carboxylic acids is 1. The SMILES string of the molecule is Cc1c(C)c2c(c(C)c1O)C(=O)CC(C)(CCCC(C)CCCC(C)CCCC(C)C)O2. The number of benzene rings is 1. The first kappa shape index (κ1) is 26.7. The molecule has 0 radical (unpaired) electrons. The molecule has 1 aliphatic rings. The number of ketones is 1. The first-order valence-electron chi connectivity index (χ1n) is 13.0. The zero-order valence-corrected chi connectivity index (χ0v) is 22.1. The van der Waals surface area contributed by atoms with E-state index in [0.29, 0.717) is 23.3 Å². The fourth-order valence-electron chi connectivity index (χ4n) is 5.22. The molecule has 3 nitrogen and oxygen atoms in total. The van der Waals surface area contributed by atoms with Crippen molar-refractivity contribution in [1.82, 2.24) is 0 Å². The molecular weight excluding hydrogens is 396 g/mol. The van der Waals surface area contributed by atoms with E-state index in [-0.39, 0.29) is 11.5 Å². The lowest BCUT2D eigenvalue weighted by atomic mass is 9.83. The summed E-state index contributed by atoms with van der Waals surface area (Å²) in [5.74, 6) is 3.41. The zero-order chi connectivity index (χ0) is 24.1. The van der Waals surface area contributed by atoms with Crippen LogP contribution in [0.3, 0.4) is 0 Å². The molecule has 0 amide bonds. The molecule has 1 aromatic carbocycles. The molecule has 1 heterocycles. The smallest absolute Gasteiger partial charge is 0.170 e. The molecule has 1 aliphatic heterocycles. The molecule has 1 aromatic rings. The number of aromatic hydroxyl groups is 1. The summed E-state index contributed by atoms with van der Waals surface area (Å²) < 4.78 is 6.45. The van der Waals surface area contributed by atoms with Gasteiger partial charge in [0.1, 0.15) is 17.1 Å². The summed E-state index contributed by atoms with van der Waals surface area (Å²) in [4.78, 5) is 13.0. The van der Waals surface area contributed by atoms with Crippen molar-refractivity contribution in [2.45, 2.75) is 125 Å². The Morgan fingerprint density at radius 2 is 1.38 bits per heavy atom. The lowest BCUT2D eigenvalue weighted by Crippen LogP contribution is -2.40. The highest BCUT2D eigenvalue weighted by molar-refractivity contribution is 6.03. The highest BCUT2D eigenvalue weighted by Crippen LogP contribution is 2.44. The fraction of sp³-hybridized carbons (Fsp3) is 0.759. The molecule has 2 rings (SSSR count). The molecular formula is C29H48O3. The van der Waals surface area contributed by atoms with Gasteiger partial charge in [-0.05, 0) is 69.4 Å². The predicted molar refractivity (Wildman–Crippen MR) is 135 cm³/mol. The Balaban J connectivity index is 1.80. The van der Waals surface area contributed by atoms with Crippen LogP contribution in [-0.4, -0.2) is 16.5 Å². The summed E-state index contributed by atoms with van der Waals surface area (Å²) in [6.45, 7) is 17.1. The van der Waals surface area contributed by atoms with E-state index < -0.39 is 5.60 Å². The number of fused-ring (bicyclic) bond motifs is 1. The van der Waals surface area contributed by atoms with Crippen LogP contribution in [0.4, 0.5) is 0 Å². The van der Waals surface area contributed by atoms with Crippen molar-refractivity contribution in [2.24, 2.45) is 17.8 Å². The molecule has 0 bridgehead atoms. The van der Waals surface area contributed by atoms with Gasteiger partial charge in [-0.1, -0.05) is 72.6 Å². The second kappa shape index (κ2) is 11.6. The summed E-state index contributed by atoms with van der Waals surface area (Å²) in [7, 11) is 0. The summed E-state index contributed by atoms with van der Waals surface area (Å²) in [5.41, 5.74) is 2.49. The third-order valence-electron chi connectivity index (χ3n) is 7.65. The number of ether oxygens (including phenoxy) is 1. The maximum Gasteiger partial charge on any atom is 0.170 e. The Bertz CT molecular complexity index is 779. The largest absolute Gasteiger partial charge is 0.507 e. The average molecular weight is 445 g/mol. The predicted octanol–water partition coefficient (Wildman–Crippen LogP) is 8.48. The van der Waals surface area contributed by atoms with Crippen LogP contribution in [0.15, 0.2) is 0 Å². The molecule has 0 saturated heterocycles. The lowest BCUT2D eigenvalue weighted by Gasteiger charge is -2.37. The van der Waals surface area contributed by atoms with E-state index in [1.54, 1.807) is 0 Å².